The number of amides is 2. The van der Waals surface area contributed by atoms with Gasteiger partial charge in [0.25, 0.3) is 0 Å². The number of benzene rings is 1. The lowest BCUT2D eigenvalue weighted by atomic mass is 9.96. The first-order valence-corrected chi connectivity index (χ1v) is 10.1. The van der Waals surface area contributed by atoms with Crippen molar-refractivity contribution in [3.63, 3.8) is 0 Å². The van der Waals surface area contributed by atoms with Gasteiger partial charge in [0, 0.05) is 37.2 Å². The number of carbonyl (C=O) groups is 1. The first kappa shape index (κ1) is 19.6. The number of likely N-dealkylation sites (tertiary alicyclic amines) is 1. The maximum absolute atomic E-state index is 13.2. The fourth-order valence-corrected chi connectivity index (χ4v) is 4.35. The van der Waals surface area contributed by atoms with Gasteiger partial charge >= 0.3 is 6.03 Å². The van der Waals surface area contributed by atoms with E-state index >= 15 is 0 Å². The van der Waals surface area contributed by atoms with Crippen molar-refractivity contribution < 1.29 is 13.9 Å². The van der Waals surface area contributed by atoms with Crippen LogP contribution in [0, 0.1) is 11.7 Å². The van der Waals surface area contributed by atoms with E-state index in [-0.39, 0.29) is 11.8 Å². The van der Waals surface area contributed by atoms with E-state index in [9.17, 15) is 9.18 Å². The molecule has 0 bridgehead atoms. The van der Waals surface area contributed by atoms with E-state index < -0.39 is 0 Å². The highest BCUT2D eigenvalue weighted by atomic mass is 79.9. The Labute approximate surface area is 163 Å². The van der Waals surface area contributed by atoms with Crippen LogP contribution in [0.4, 0.5) is 14.9 Å². The SMILES string of the molecule is CC1CN(CC2CCN(C(=O)Nc3ccc(F)cc3Br)CC2)CC(C)O1. The predicted molar refractivity (Wildman–Crippen MR) is 104 cm³/mol. The molecule has 5 nitrogen and oxygen atoms in total. The molecule has 2 unspecified atom stereocenters. The summed E-state index contributed by atoms with van der Waals surface area (Å²) in [6.45, 7) is 8.83. The average molecular weight is 428 g/mol. The van der Waals surface area contributed by atoms with Gasteiger partial charge in [-0.1, -0.05) is 0 Å². The number of morpholine rings is 1. The quantitative estimate of drug-likeness (QED) is 0.794. The largest absolute Gasteiger partial charge is 0.373 e. The minimum Gasteiger partial charge on any atom is -0.373 e. The second-order valence-corrected chi connectivity index (χ2v) is 8.31. The normalized spacial score (nSPS) is 25.3. The van der Waals surface area contributed by atoms with E-state index in [1.54, 1.807) is 6.07 Å². The van der Waals surface area contributed by atoms with E-state index in [2.05, 4.69) is 40.0 Å². The zero-order valence-corrected chi connectivity index (χ0v) is 17.0. The van der Waals surface area contributed by atoms with Crippen molar-refractivity contribution in [2.45, 2.75) is 38.9 Å². The van der Waals surface area contributed by atoms with Crippen molar-refractivity contribution in [3.05, 3.63) is 28.5 Å². The van der Waals surface area contributed by atoms with Crippen LogP contribution in [0.1, 0.15) is 26.7 Å². The summed E-state index contributed by atoms with van der Waals surface area (Å²) in [6, 6.07) is 4.15. The molecule has 0 saturated carbocycles. The van der Waals surface area contributed by atoms with Gasteiger partial charge in [0.15, 0.2) is 0 Å². The van der Waals surface area contributed by atoms with Gasteiger partial charge in [0.05, 0.1) is 17.9 Å². The Bertz CT molecular complexity index is 627. The second kappa shape index (κ2) is 8.67. The second-order valence-electron chi connectivity index (χ2n) is 7.46. The van der Waals surface area contributed by atoms with Gasteiger partial charge in [-0.05, 0) is 66.7 Å². The Morgan fingerprint density at radius 2 is 1.92 bits per heavy atom. The van der Waals surface area contributed by atoms with Gasteiger partial charge in [0.1, 0.15) is 5.82 Å². The molecular formula is C19H27BrFN3O2. The predicted octanol–water partition coefficient (Wildman–Crippen LogP) is 3.94. The van der Waals surface area contributed by atoms with Gasteiger partial charge in [-0.15, -0.1) is 0 Å². The van der Waals surface area contributed by atoms with Crippen LogP contribution in [0.25, 0.3) is 0 Å². The average Bonchev–Trinajstić information content (AvgIpc) is 2.57. The van der Waals surface area contributed by atoms with Crippen LogP contribution >= 0.6 is 15.9 Å². The van der Waals surface area contributed by atoms with Crippen LogP contribution in [-0.2, 0) is 4.74 Å². The molecule has 0 spiro atoms. The highest BCUT2D eigenvalue weighted by Crippen LogP contribution is 2.25. The van der Waals surface area contributed by atoms with Gasteiger partial charge in [-0.3, -0.25) is 4.90 Å². The number of hydrogen-bond donors (Lipinski definition) is 1. The van der Waals surface area contributed by atoms with Gasteiger partial charge in [-0.2, -0.15) is 0 Å². The summed E-state index contributed by atoms with van der Waals surface area (Å²) in [5.41, 5.74) is 0.592. The first-order valence-electron chi connectivity index (χ1n) is 9.29. The highest BCUT2D eigenvalue weighted by molar-refractivity contribution is 9.10. The Hall–Kier alpha value is -1.18. The zero-order valence-electron chi connectivity index (χ0n) is 15.4. The lowest BCUT2D eigenvalue weighted by Crippen LogP contribution is -2.49. The minimum absolute atomic E-state index is 0.121. The molecule has 0 aliphatic carbocycles. The van der Waals surface area contributed by atoms with Gasteiger partial charge in [0.2, 0.25) is 0 Å². The molecule has 2 aliphatic rings. The molecule has 2 fully saturated rings. The van der Waals surface area contributed by atoms with Crippen molar-refractivity contribution in [1.82, 2.24) is 9.80 Å². The third kappa shape index (κ3) is 5.18. The third-order valence-corrected chi connectivity index (χ3v) is 5.74. The van der Waals surface area contributed by atoms with E-state index in [0.29, 0.717) is 28.3 Å². The molecule has 0 aromatic heterocycles. The van der Waals surface area contributed by atoms with E-state index in [1.807, 2.05) is 4.90 Å². The number of nitrogens with zero attached hydrogens (tertiary/aromatic N) is 2. The van der Waals surface area contributed by atoms with Crippen LogP contribution in [0.2, 0.25) is 0 Å². The number of carbonyl (C=O) groups excluding carboxylic acids is 1. The van der Waals surface area contributed by atoms with E-state index in [1.165, 1.54) is 12.1 Å². The molecule has 1 aromatic carbocycles. The monoisotopic (exact) mass is 427 g/mol. The summed E-state index contributed by atoms with van der Waals surface area (Å²) < 4.78 is 19.5. The van der Waals surface area contributed by atoms with Crippen molar-refractivity contribution in [2.24, 2.45) is 5.92 Å². The summed E-state index contributed by atoms with van der Waals surface area (Å²) in [4.78, 5) is 16.8. The third-order valence-electron chi connectivity index (χ3n) is 5.09. The van der Waals surface area contributed by atoms with E-state index in [0.717, 1.165) is 45.6 Å². The number of hydrogen-bond acceptors (Lipinski definition) is 3. The highest BCUT2D eigenvalue weighted by Gasteiger charge is 2.28. The number of piperidine rings is 1. The van der Waals surface area contributed by atoms with Crippen molar-refractivity contribution in [3.8, 4) is 0 Å². The number of rotatable bonds is 3. The van der Waals surface area contributed by atoms with Crippen LogP contribution in [-0.4, -0.2) is 60.8 Å². The number of ether oxygens (including phenoxy) is 1. The molecule has 1 N–H and O–H groups in total. The standard InChI is InChI=1S/C19H27BrFN3O2/c1-13-10-23(11-14(2)26-13)12-15-5-7-24(8-6-15)19(25)22-18-4-3-16(21)9-17(18)20/h3-4,9,13-15H,5-8,10-12H2,1-2H3,(H,22,25). The summed E-state index contributed by atoms with van der Waals surface area (Å²) in [7, 11) is 0. The summed E-state index contributed by atoms with van der Waals surface area (Å²) in [6.07, 6.45) is 2.61. The topological polar surface area (TPSA) is 44.8 Å². The fourth-order valence-electron chi connectivity index (χ4n) is 3.90. The molecule has 144 valence electrons. The number of urea groups is 1. The van der Waals surface area contributed by atoms with Crippen LogP contribution in [0.3, 0.4) is 0 Å². The Kier molecular flexibility index (Phi) is 6.53. The Morgan fingerprint density at radius 1 is 1.27 bits per heavy atom. The van der Waals surface area contributed by atoms with Crippen LogP contribution < -0.4 is 5.32 Å². The molecule has 2 amide bonds. The lowest BCUT2D eigenvalue weighted by molar-refractivity contribution is -0.0728. The summed E-state index contributed by atoms with van der Waals surface area (Å²) in [5.74, 6) is 0.288. The van der Waals surface area contributed by atoms with Crippen molar-refractivity contribution >= 4 is 27.6 Å². The number of nitrogens with one attached hydrogen (secondary N) is 1. The summed E-state index contributed by atoms with van der Waals surface area (Å²) >= 11 is 3.29. The van der Waals surface area contributed by atoms with E-state index in [4.69, 9.17) is 4.74 Å². The molecule has 2 heterocycles. The minimum atomic E-state index is -0.331. The molecule has 1 aromatic rings. The Balaban J connectivity index is 1.46. The molecular weight excluding hydrogens is 401 g/mol. The Morgan fingerprint density at radius 3 is 2.54 bits per heavy atom. The molecule has 2 saturated heterocycles. The molecule has 7 heteroatoms. The van der Waals surface area contributed by atoms with Gasteiger partial charge < -0.3 is 15.0 Å². The smallest absolute Gasteiger partial charge is 0.321 e. The molecule has 0 radical (unpaired) electrons. The summed E-state index contributed by atoms with van der Waals surface area (Å²) in [5, 5.41) is 2.86. The zero-order chi connectivity index (χ0) is 18.7. The van der Waals surface area contributed by atoms with Gasteiger partial charge in [-0.25, -0.2) is 9.18 Å². The number of anilines is 1. The fraction of sp³-hybridized carbons (Fsp3) is 0.632. The first-order chi connectivity index (χ1) is 12.4. The van der Waals surface area contributed by atoms with Crippen LogP contribution in [0.15, 0.2) is 22.7 Å². The number of halogens is 2. The van der Waals surface area contributed by atoms with Crippen LogP contribution in [0.5, 0.6) is 0 Å². The van der Waals surface area contributed by atoms with Crippen molar-refractivity contribution in [2.75, 3.05) is 38.0 Å². The molecule has 26 heavy (non-hydrogen) atoms. The maximum atomic E-state index is 13.2. The molecule has 2 aliphatic heterocycles. The molecule has 3 rings (SSSR count). The maximum Gasteiger partial charge on any atom is 0.321 e. The van der Waals surface area contributed by atoms with Crippen molar-refractivity contribution in [1.29, 1.82) is 0 Å². The molecule has 2 atom stereocenters. The lowest BCUT2D eigenvalue weighted by Gasteiger charge is -2.39.